The third kappa shape index (κ3) is 5.59. The summed E-state index contributed by atoms with van der Waals surface area (Å²) in [5.41, 5.74) is 1.29. The Kier molecular flexibility index (Phi) is 6.91. The van der Waals surface area contributed by atoms with Crippen LogP contribution in [0.3, 0.4) is 0 Å². The zero-order valence-corrected chi connectivity index (χ0v) is 18.2. The van der Waals surface area contributed by atoms with Crippen molar-refractivity contribution in [3.8, 4) is 0 Å². The zero-order valence-electron chi connectivity index (χ0n) is 16.6. The SMILES string of the molecule is C=CCN1C(=O)C(CC(=O)Nc2ccc(F)cc2)SC1=NS(=O)(=O)c1ccc(C)cc1. The molecule has 0 spiro atoms. The molecule has 0 radical (unpaired) electrons. The van der Waals surface area contributed by atoms with Crippen LogP contribution in [0.25, 0.3) is 0 Å². The molecule has 1 atom stereocenters. The molecular formula is C21H20FN3O4S2. The van der Waals surface area contributed by atoms with Crippen molar-refractivity contribution in [1.29, 1.82) is 0 Å². The van der Waals surface area contributed by atoms with Crippen LogP contribution in [0.2, 0.25) is 0 Å². The van der Waals surface area contributed by atoms with Crippen molar-refractivity contribution < 1.29 is 22.4 Å². The second kappa shape index (κ2) is 9.44. The van der Waals surface area contributed by atoms with Crippen LogP contribution in [0.15, 0.2) is 70.5 Å². The number of benzene rings is 2. The molecular weight excluding hydrogens is 441 g/mol. The van der Waals surface area contributed by atoms with Gasteiger partial charge >= 0.3 is 0 Å². The van der Waals surface area contributed by atoms with E-state index in [2.05, 4.69) is 16.3 Å². The molecule has 0 aliphatic carbocycles. The minimum Gasteiger partial charge on any atom is -0.326 e. The molecule has 1 N–H and O–H groups in total. The summed E-state index contributed by atoms with van der Waals surface area (Å²) in [4.78, 5) is 26.3. The van der Waals surface area contributed by atoms with E-state index in [4.69, 9.17) is 0 Å². The number of amides is 2. The standard InChI is InChI=1S/C21H20FN3O4S2/c1-3-12-25-20(27)18(13-19(26)23-16-8-6-15(22)7-9-16)30-21(25)24-31(28,29)17-10-4-14(2)5-11-17/h3-11,18H,1,12-13H2,2H3,(H,23,26). The van der Waals surface area contributed by atoms with Crippen LogP contribution >= 0.6 is 11.8 Å². The van der Waals surface area contributed by atoms with E-state index < -0.39 is 32.9 Å². The number of carbonyl (C=O) groups excluding carboxylic acids is 2. The number of nitrogens with zero attached hydrogens (tertiary/aromatic N) is 2. The molecule has 2 amide bonds. The summed E-state index contributed by atoms with van der Waals surface area (Å²) in [5, 5.41) is 1.74. The lowest BCUT2D eigenvalue weighted by Crippen LogP contribution is -2.33. The Bertz CT molecular complexity index is 1130. The number of amidine groups is 1. The van der Waals surface area contributed by atoms with Crippen molar-refractivity contribution in [2.75, 3.05) is 11.9 Å². The Hall–Kier alpha value is -2.98. The van der Waals surface area contributed by atoms with Crippen LogP contribution in [0.4, 0.5) is 10.1 Å². The first kappa shape index (κ1) is 22.7. The van der Waals surface area contributed by atoms with Gasteiger partial charge in [-0.1, -0.05) is 35.5 Å². The molecule has 10 heteroatoms. The number of hydrogen-bond donors (Lipinski definition) is 1. The van der Waals surface area contributed by atoms with E-state index in [1.807, 2.05) is 6.92 Å². The lowest BCUT2D eigenvalue weighted by atomic mass is 10.2. The molecule has 1 aliphatic heterocycles. The summed E-state index contributed by atoms with van der Waals surface area (Å²) in [6, 6.07) is 11.4. The Morgan fingerprint density at radius 2 is 1.87 bits per heavy atom. The Labute approximate surface area is 184 Å². The first-order chi connectivity index (χ1) is 14.7. The summed E-state index contributed by atoms with van der Waals surface area (Å²) in [6.07, 6.45) is 1.26. The van der Waals surface area contributed by atoms with Crippen LogP contribution in [-0.4, -0.2) is 42.1 Å². The molecule has 1 saturated heterocycles. The average molecular weight is 462 g/mol. The fourth-order valence-corrected chi connectivity index (χ4v) is 5.15. The maximum absolute atomic E-state index is 13.0. The highest BCUT2D eigenvalue weighted by Crippen LogP contribution is 2.31. The second-order valence-corrected chi connectivity index (χ2v) is 9.54. The van der Waals surface area contributed by atoms with Gasteiger partial charge in [-0.3, -0.25) is 14.5 Å². The van der Waals surface area contributed by atoms with E-state index in [0.29, 0.717) is 5.69 Å². The molecule has 1 fully saturated rings. The van der Waals surface area contributed by atoms with Crippen LogP contribution in [0.1, 0.15) is 12.0 Å². The number of thioether (sulfide) groups is 1. The number of halogens is 1. The minimum atomic E-state index is -4.04. The van der Waals surface area contributed by atoms with Crippen molar-refractivity contribution in [3.63, 3.8) is 0 Å². The topological polar surface area (TPSA) is 95.9 Å². The van der Waals surface area contributed by atoms with Gasteiger partial charge in [-0.25, -0.2) is 4.39 Å². The number of aryl methyl sites for hydroxylation is 1. The van der Waals surface area contributed by atoms with Gasteiger partial charge in [-0.15, -0.1) is 11.0 Å². The summed E-state index contributed by atoms with van der Waals surface area (Å²) >= 11 is 0.911. The fraction of sp³-hybridized carbons (Fsp3) is 0.190. The number of hydrogen-bond acceptors (Lipinski definition) is 5. The molecule has 0 aromatic heterocycles. The first-order valence-corrected chi connectivity index (χ1v) is 11.6. The molecule has 0 saturated carbocycles. The van der Waals surface area contributed by atoms with E-state index in [1.165, 1.54) is 47.4 Å². The number of sulfonamides is 1. The van der Waals surface area contributed by atoms with E-state index in [0.717, 1.165) is 17.3 Å². The Morgan fingerprint density at radius 1 is 1.23 bits per heavy atom. The van der Waals surface area contributed by atoms with Crippen LogP contribution in [0.5, 0.6) is 0 Å². The fourth-order valence-electron chi connectivity index (χ4n) is 2.79. The van der Waals surface area contributed by atoms with Crippen molar-refractivity contribution in [3.05, 3.63) is 72.6 Å². The van der Waals surface area contributed by atoms with Crippen LogP contribution < -0.4 is 5.32 Å². The van der Waals surface area contributed by atoms with E-state index in [9.17, 15) is 22.4 Å². The summed E-state index contributed by atoms with van der Waals surface area (Å²) in [5.74, 6) is -1.33. The maximum Gasteiger partial charge on any atom is 0.284 e. The second-order valence-electron chi connectivity index (χ2n) is 6.77. The smallest absolute Gasteiger partial charge is 0.284 e. The Morgan fingerprint density at radius 3 is 2.48 bits per heavy atom. The lowest BCUT2D eigenvalue weighted by molar-refractivity contribution is -0.127. The molecule has 162 valence electrons. The molecule has 1 unspecified atom stereocenters. The predicted octanol–water partition coefficient (Wildman–Crippen LogP) is 3.34. The van der Waals surface area contributed by atoms with Gasteiger partial charge in [0, 0.05) is 18.7 Å². The Balaban J connectivity index is 1.78. The minimum absolute atomic E-state index is 0.00899. The first-order valence-electron chi connectivity index (χ1n) is 9.25. The van der Waals surface area contributed by atoms with Gasteiger partial charge in [0.15, 0.2) is 5.17 Å². The van der Waals surface area contributed by atoms with Crippen molar-refractivity contribution in [2.45, 2.75) is 23.5 Å². The van der Waals surface area contributed by atoms with Crippen molar-refractivity contribution in [1.82, 2.24) is 4.90 Å². The van der Waals surface area contributed by atoms with Crippen LogP contribution in [-0.2, 0) is 19.6 Å². The van der Waals surface area contributed by atoms with E-state index in [1.54, 1.807) is 12.1 Å². The highest BCUT2D eigenvalue weighted by molar-refractivity contribution is 8.16. The molecule has 7 nitrogen and oxygen atoms in total. The molecule has 1 heterocycles. The van der Waals surface area contributed by atoms with Gasteiger partial charge < -0.3 is 5.32 Å². The van der Waals surface area contributed by atoms with Gasteiger partial charge in [0.25, 0.3) is 10.0 Å². The van der Waals surface area contributed by atoms with E-state index in [-0.39, 0.29) is 23.0 Å². The third-order valence-electron chi connectivity index (χ3n) is 4.35. The number of anilines is 1. The summed E-state index contributed by atoms with van der Waals surface area (Å²) in [7, 11) is -4.04. The van der Waals surface area contributed by atoms with Crippen molar-refractivity contribution >= 4 is 44.5 Å². The zero-order chi connectivity index (χ0) is 22.6. The maximum atomic E-state index is 13.0. The molecule has 1 aliphatic rings. The molecule has 2 aromatic rings. The highest BCUT2D eigenvalue weighted by atomic mass is 32.2. The molecule has 3 rings (SSSR count). The van der Waals surface area contributed by atoms with Gasteiger partial charge in [-0.2, -0.15) is 8.42 Å². The number of carbonyl (C=O) groups is 2. The lowest BCUT2D eigenvalue weighted by Gasteiger charge is -2.13. The quantitative estimate of drug-likeness (QED) is 0.638. The van der Waals surface area contributed by atoms with Gasteiger partial charge in [-0.05, 0) is 43.3 Å². The third-order valence-corrected chi connectivity index (χ3v) is 6.92. The summed E-state index contributed by atoms with van der Waals surface area (Å²) in [6.45, 7) is 5.48. The largest absolute Gasteiger partial charge is 0.326 e. The number of rotatable bonds is 7. The van der Waals surface area contributed by atoms with Gasteiger partial charge in [0.1, 0.15) is 11.1 Å². The van der Waals surface area contributed by atoms with Crippen molar-refractivity contribution in [2.24, 2.45) is 4.40 Å². The number of nitrogens with one attached hydrogen (secondary N) is 1. The van der Waals surface area contributed by atoms with Crippen LogP contribution in [0, 0.1) is 12.7 Å². The van der Waals surface area contributed by atoms with Gasteiger partial charge in [0.05, 0.1) is 4.90 Å². The normalized spacial score (nSPS) is 17.7. The molecule has 31 heavy (non-hydrogen) atoms. The predicted molar refractivity (Wildman–Crippen MR) is 119 cm³/mol. The van der Waals surface area contributed by atoms with E-state index >= 15 is 0 Å². The summed E-state index contributed by atoms with van der Waals surface area (Å²) < 4.78 is 42.2. The average Bonchev–Trinajstić information content (AvgIpc) is 2.98. The van der Waals surface area contributed by atoms with Gasteiger partial charge in [0.2, 0.25) is 11.8 Å². The molecule has 2 aromatic carbocycles. The molecule has 0 bridgehead atoms. The highest BCUT2D eigenvalue weighted by Gasteiger charge is 2.39. The monoisotopic (exact) mass is 461 g/mol.